The molecule has 0 aliphatic rings. The van der Waals surface area contributed by atoms with Crippen molar-refractivity contribution in [1.82, 2.24) is 9.78 Å². The van der Waals surface area contributed by atoms with Crippen LogP contribution in [0.2, 0.25) is 0 Å². The summed E-state index contributed by atoms with van der Waals surface area (Å²) in [6, 6.07) is 4.56. The lowest BCUT2D eigenvalue weighted by molar-refractivity contribution is 0.577. The summed E-state index contributed by atoms with van der Waals surface area (Å²) in [6.07, 6.45) is 0. The normalized spacial score (nSPS) is 11.8. The molecule has 0 spiro atoms. The fraction of sp³-hybridized carbons (Fsp3) is 0.250. The van der Waals surface area contributed by atoms with E-state index in [9.17, 15) is 12.8 Å². The highest BCUT2D eigenvalue weighted by atomic mass is 79.9. The van der Waals surface area contributed by atoms with Crippen LogP contribution in [-0.2, 0) is 15.6 Å². The highest BCUT2D eigenvalue weighted by Crippen LogP contribution is 2.24. The molecule has 0 aliphatic heterocycles. The number of aryl methyl sites for hydroxylation is 1. The van der Waals surface area contributed by atoms with E-state index in [2.05, 4.69) is 21.0 Å². The number of nitrogens with zero attached hydrogens (tertiary/aromatic N) is 2. The summed E-state index contributed by atoms with van der Waals surface area (Å²) in [6.45, 7) is 3.27. The van der Waals surface area contributed by atoms with Crippen LogP contribution in [0.15, 0.2) is 27.6 Å². The summed E-state index contributed by atoms with van der Waals surface area (Å²) in [4.78, 5) is -0.0189. The van der Waals surface area contributed by atoms with Crippen LogP contribution in [0.1, 0.15) is 17.0 Å². The molecule has 0 unspecified atom stereocenters. The van der Waals surface area contributed by atoms with E-state index in [0.717, 1.165) is 4.47 Å². The molecule has 2 aromatic rings. The van der Waals surface area contributed by atoms with Crippen LogP contribution in [0.25, 0.3) is 0 Å². The molecule has 0 amide bonds. The molecule has 8 heteroatoms. The van der Waals surface area contributed by atoms with Crippen molar-refractivity contribution in [3.05, 3.63) is 45.4 Å². The molecule has 0 bridgehead atoms. The molecule has 0 aliphatic carbocycles. The minimum atomic E-state index is -3.87. The van der Waals surface area contributed by atoms with Gasteiger partial charge in [-0.2, -0.15) is 5.10 Å². The molecule has 0 radical (unpaired) electrons. The van der Waals surface area contributed by atoms with Gasteiger partial charge < -0.3 is 0 Å². The van der Waals surface area contributed by atoms with Crippen molar-refractivity contribution >= 4 is 35.7 Å². The summed E-state index contributed by atoms with van der Waals surface area (Å²) >= 11 is 3.27. The van der Waals surface area contributed by atoms with Crippen LogP contribution in [0, 0.1) is 19.7 Å². The van der Waals surface area contributed by atoms with E-state index in [1.165, 1.54) is 10.7 Å². The van der Waals surface area contributed by atoms with Gasteiger partial charge in [0.15, 0.2) is 0 Å². The van der Waals surface area contributed by atoms with E-state index in [4.69, 9.17) is 10.7 Å². The highest BCUT2D eigenvalue weighted by Gasteiger charge is 2.22. The third kappa shape index (κ3) is 3.05. The predicted octanol–water partition coefficient (Wildman–Crippen LogP) is 3.38. The monoisotopic (exact) mass is 380 g/mol. The van der Waals surface area contributed by atoms with E-state index in [0.29, 0.717) is 17.0 Å². The van der Waals surface area contributed by atoms with E-state index in [-0.39, 0.29) is 17.3 Å². The first kappa shape index (κ1) is 15.5. The van der Waals surface area contributed by atoms with E-state index < -0.39 is 9.05 Å². The van der Waals surface area contributed by atoms with E-state index in [1.807, 2.05) is 0 Å². The second-order valence-electron chi connectivity index (χ2n) is 4.33. The van der Waals surface area contributed by atoms with Crippen molar-refractivity contribution in [1.29, 1.82) is 0 Å². The van der Waals surface area contributed by atoms with Crippen LogP contribution in [-0.4, -0.2) is 18.2 Å². The number of benzene rings is 1. The fourth-order valence-electron chi connectivity index (χ4n) is 2.01. The van der Waals surface area contributed by atoms with Gasteiger partial charge in [0, 0.05) is 20.7 Å². The Morgan fingerprint density at radius 3 is 2.60 bits per heavy atom. The summed E-state index contributed by atoms with van der Waals surface area (Å²) in [7, 11) is 1.51. The first-order valence-corrected chi connectivity index (χ1v) is 8.73. The largest absolute Gasteiger partial charge is 0.264 e. The zero-order chi connectivity index (χ0) is 15.1. The topological polar surface area (TPSA) is 52.0 Å². The van der Waals surface area contributed by atoms with E-state index in [1.54, 1.807) is 26.0 Å². The van der Waals surface area contributed by atoms with Crippen molar-refractivity contribution in [2.24, 2.45) is 0 Å². The smallest absolute Gasteiger partial charge is 0.264 e. The summed E-state index contributed by atoms with van der Waals surface area (Å²) in [5.41, 5.74) is 1.09. The second kappa shape index (κ2) is 5.46. The van der Waals surface area contributed by atoms with Gasteiger partial charge in [0.05, 0.1) is 17.9 Å². The molecule has 2 rings (SSSR count). The second-order valence-corrected chi connectivity index (χ2v) is 7.75. The van der Waals surface area contributed by atoms with Gasteiger partial charge in [-0.3, -0.25) is 4.68 Å². The molecule has 1 heterocycles. The molecule has 0 fully saturated rings. The van der Waals surface area contributed by atoms with Gasteiger partial charge in [0.2, 0.25) is 0 Å². The lowest BCUT2D eigenvalue weighted by atomic mass is 10.2. The number of halogens is 3. The lowest BCUT2D eigenvalue weighted by Gasteiger charge is -2.07. The van der Waals surface area contributed by atoms with Crippen molar-refractivity contribution in [3.8, 4) is 0 Å². The maximum atomic E-state index is 13.7. The molecule has 0 saturated heterocycles. The summed E-state index contributed by atoms with van der Waals surface area (Å²) < 4.78 is 38.9. The molecular formula is C12H11BrClFN2O2S. The van der Waals surface area contributed by atoms with Gasteiger partial charge >= 0.3 is 0 Å². The van der Waals surface area contributed by atoms with Crippen molar-refractivity contribution in [2.45, 2.75) is 25.3 Å². The lowest BCUT2D eigenvalue weighted by Crippen LogP contribution is -2.06. The summed E-state index contributed by atoms with van der Waals surface area (Å²) in [5.74, 6) is -0.379. The Balaban J connectivity index is 2.48. The molecule has 1 aromatic heterocycles. The third-order valence-electron chi connectivity index (χ3n) is 2.89. The maximum absolute atomic E-state index is 13.7. The van der Waals surface area contributed by atoms with Crippen LogP contribution >= 0.6 is 26.6 Å². The standard InChI is InChI=1S/C12H11BrClFN2O2S/c1-7-12(20(14,18)19)8(2)17(16-7)6-9-5-10(13)3-4-11(9)15/h3-5H,6H2,1-2H3. The van der Waals surface area contributed by atoms with Gasteiger partial charge in [-0.1, -0.05) is 15.9 Å². The molecule has 0 N–H and O–H groups in total. The average molecular weight is 382 g/mol. The Morgan fingerprint density at radius 2 is 2.05 bits per heavy atom. The van der Waals surface area contributed by atoms with Gasteiger partial charge in [0.25, 0.3) is 9.05 Å². The molecular weight excluding hydrogens is 371 g/mol. The van der Waals surface area contributed by atoms with Gasteiger partial charge in [-0.05, 0) is 32.0 Å². The van der Waals surface area contributed by atoms with Crippen molar-refractivity contribution in [3.63, 3.8) is 0 Å². The zero-order valence-electron chi connectivity index (χ0n) is 10.7. The number of hydrogen-bond donors (Lipinski definition) is 0. The molecule has 20 heavy (non-hydrogen) atoms. The molecule has 0 saturated carbocycles. The quantitative estimate of drug-likeness (QED) is 0.766. The first-order chi connectivity index (χ1) is 9.20. The first-order valence-electron chi connectivity index (χ1n) is 5.62. The molecule has 1 aromatic carbocycles. The molecule has 108 valence electrons. The van der Waals surface area contributed by atoms with E-state index >= 15 is 0 Å². The summed E-state index contributed by atoms with van der Waals surface area (Å²) in [5, 5.41) is 4.11. The van der Waals surface area contributed by atoms with Crippen LogP contribution in [0.4, 0.5) is 4.39 Å². The van der Waals surface area contributed by atoms with Crippen molar-refractivity contribution < 1.29 is 12.8 Å². The van der Waals surface area contributed by atoms with Crippen molar-refractivity contribution in [2.75, 3.05) is 0 Å². The average Bonchev–Trinajstić information content (AvgIpc) is 2.58. The van der Waals surface area contributed by atoms with Crippen LogP contribution < -0.4 is 0 Å². The number of hydrogen-bond acceptors (Lipinski definition) is 3. The Morgan fingerprint density at radius 1 is 1.40 bits per heavy atom. The Hall–Kier alpha value is -0.920. The SMILES string of the molecule is Cc1nn(Cc2cc(Br)ccc2F)c(C)c1S(=O)(=O)Cl. The van der Waals surface area contributed by atoms with Gasteiger partial charge in [-0.25, -0.2) is 12.8 Å². The third-order valence-corrected chi connectivity index (χ3v) is 4.92. The molecule has 4 nitrogen and oxygen atoms in total. The fourth-order valence-corrected chi connectivity index (χ4v) is 3.94. The Kier molecular flexibility index (Phi) is 4.22. The number of aromatic nitrogens is 2. The Labute approximate surface area is 129 Å². The number of rotatable bonds is 3. The van der Waals surface area contributed by atoms with Gasteiger partial charge in [0.1, 0.15) is 10.7 Å². The predicted molar refractivity (Wildman–Crippen MR) is 77.9 cm³/mol. The zero-order valence-corrected chi connectivity index (χ0v) is 13.9. The highest BCUT2D eigenvalue weighted by molar-refractivity contribution is 9.10. The minimum absolute atomic E-state index is 0.0189. The minimum Gasteiger partial charge on any atom is -0.264 e. The van der Waals surface area contributed by atoms with Crippen LogP contribution in [0.3, 0.4) is 0 Å². The molecule has 0 atom stereocenters. The van der Waals surface area contributed by atoms with Gasteiger partial charge in [-0.15, -0.1) is 0 Å². The van der Waals surface area contributed by atoms with Crippen LogP contribution in [0.5, 0.6) is 0 Å². The Bertz CT molecular complexity index is 774. The maximum Gasteiger partial charge on any atom is 0.264 e.